The zero-order valence-corrected chi connectivity index (χ0v) is 17.6. The fraction of sp³-hybridized carbons (Fsp3) is 0.0909. The first kappa shape index (κ1) is 19.5. The third-order valence-electron chi connectivity index (χ3n) is 5.03. The number of amides is 1. The van der Waals surface area contributed by atoms with E-state index in [1.54, 1.807) is 36.5 Å². The number of furan rings is 1. The molecule has 0 bridgehead atoms. The fourth-order valence-corrected chi connectivity index (χ4v) is 4.76. The summed E-state index contributed by atoms with van der Waals surface area (Å²) in [5.74, 6) is -1.95. The summed E-state index contributed by atoms with van der Waals surface area (Å²) in [5.41, 5.74) is 1.82. The van der Waals surface area contributed by atoms with E-state index in [2.05, 4.69) is 9.97 Å². The van der Waals surface area contributed by atoms with Gasteiger partial charge >= 0.3 is 0 Å². The van der Waals surface area contributed by atoms with Crippen LogP contribution < -0.4 is 4.90 Å². The number of ketones is 1. The molecule has 0 fully saturated rings. The standard InChI is InChI=1S/C22H14ClN3O4S/c1-11-9-16-14(10-12(11)23)25-22(31-16)26-18(13-5-2-3-7-24-13)17(20(28)21(26)29)19(27)15-6-4-8-30-15/h2-10,18,28H,1H3. The zero-order chi connectivity index (χ0) is 21.7. The van der Waals surface area contributed by atoms with Gasteiger partial charge in [0.2, 0.25) is 5.78 Å². The van der Waals surface area contributed by atoms with E-state index in [1.807, 2.05) is 13.0 Å². The second-order valence-corrected chi connectivity index (χ2v) is 8.38. The zero-order valence-electron chi connectivity index (χ0n) is 16.1. The molecule has 0 aliphatic carbocycles. The predicted octanol–water partition coefficient (Wildman–Crippen LogP) is 5.03. The van der Waals surface area contributed by atoms with Gasteiger partial charge in [0.05, 0.1) is 27.7 Å². The first-order valence-electron chi connectivity index (χ1n) is 9.28. The second kappa shape index (κ2) is 7.33. The summed E-state index contributed by atoms with van der Waals surface area (Å²) in [6, 6.07) is 10.9. The van der Waals surface area contributed by atoms with E-state index in [4.69, 9.17) is 16.0 Å². The molecule has 1 aromatic carbocycles. The molecule has 0 spiro atoms. The number of aliphatic hydroxyl groups excluding tert-OH is 1. The average Bonchev–Trinajstić information content (AvgIpc) is 3.48. The van der Waals surface area contributed by atoms with Gasteiger partial charge in [0.15, 0.2) is 16.7 Å². The van der Waals surface area contributed by atoms with Crippen LogP contribution in [0.5, 0.6) is 0 Å². The van der Waals surface area contributed by atoms with Crippen LogP contribution in [0.2, 0.25) is 5.02 Å². The number of rotatable bonds is 4. The van der Waals surface area contributed by atoms with Crippen molar-refractivity contribution < 1.29 is 19.1 Å². The number of carbonyl (C=O) groups excluding carboxylic acids is 2. The van der Waals surface area contributed by atoms with Crippen molar-refractivity contribution in [3.63, 3.8) is 0 Å². The maximum absolute atomic E-state index is 13.1. The minimum Gasteiger partial charge on any atom is -0.503 e. The van der Waals surface area contributed by atoms with Gasteiger partial charge in [0.1, 0.15) is 6.04 Å². The number of thiazole rings is 1. The lowest BCUT2D eigenvalue weighted by molar-refractivity contribution is -0.117. The summed E-state index contributed by atoms with van der Waals surface area (Å²) in [6.45, 7) is 1.88. The Hall–Kier alpha value is -3.49. The molecule has 1 aliphatic heterocycles. The first-order valence-corrected chi connectivity index (χ1v) is 10.5. The van der Waals surface area contributed by atoms with Crippen molar-refractivity contribution in [2.45, 2.75) is 13.0 Å². The number of nitrogens with zero attached hydrogens (tertiary/aromatic N) is 3. The van der Waals surface area contributed by atoms with E-state index in [0.717, 1.165) is 10.3 Å². The third kappa shape index (κ3) is 3.11. The van der Waals surface area contributed by atoms with Gasteiger partial charge < -0.3 is 9.52 Å². The van der Waals surface area contributed by atoms with Gasteiger partial charge in [0, 0.05) is 11.2 Å². The van der Waals surface area contributed by atoms with Crippen molar-refractivity contribution in [3.8, 4) is 0 Å². The number of carbonyl (C=O) groups is 2. The molecule has 7 nitrogen and oxygen atoms in total. The highest BCUT2D eigenvalue weighted by Crippen LogP contribution is 2.44. The number of aryl methyl sites for hydroxylation is 1. The van der Waals surface area contributed by atoms with Crippen LogP contribution in [0.3, 0.4) is 0 Å². The molecule has 1 aliphatic rings. The Kier molecular flexibility index (Phi) is 4.60. The van der Waals surface area contributed by atoms with Crippen molar-refractivity contribution in [2.75, 3.05) is 4.90 Å². The highest BCUT2D eigenvalue weighted by Gasteiger charge is 2.47. The molecule has 4 aromatic rings. The van der Waals surface area contributed by atoms with Crippen LogP contribution in [-0.4, -0.2) is 26.8 Å². The molecule has 1 unspecified atom stereocenters. The summed E-state index contributed by atoms with van der Waals surface area (Å²) in [6.07, 6.45) is 2.92. The summed E-state index contributed by atoms with van der Waals surface area (Å²) in [4.78, 5) is 36.4. The minimum absolute atomic E-state index is 0.0174. The lowest BCUT2D eigenvalue weighted by Crippen LogP contribution is -2.31. The molecule has 31 heavy (non-hydrogen) atoms. The molecule has 1 N–H and O–H groups in total. The van der Waals surface area contributed by atoms with Crippen molar-refractivity contribution in [3.05, 3.63) is 88.3 Å². The molecule has 154 valence electrons. The summed E-state index contributed by atoms with van der Waals surface area (Å²) in [5, 5.41) is 11.6. The molecule has 9 heteroatoms. The van der Waals surface area contributed by atoms with Crippen molar-refractivity contribution in [2.24, 2.45) is 0 Å². The molecular formula is C22H14ClN3O4S. The van der Waals surface area contributed by atoms with E-state index in [9.17, 15) is 14.7 Å². The van der Waals surface area contributed by atoms with Gasteiger partial charge in [-0.1, -0.05) is 29.0 Å². The molecule has 0 radical (unpaired) electrons. The number of halogens is 1. The Bertz CT molecular complexity index is 1320. The highest BCUT2D eigenvalue weighted by atomic mass is 35.5. The van der Waals surface area contributed by atoms with E-state index >= 15 is 0 Å². The number of benzene rings is 1. The summed E-state index contributed by atoms with van der Waals surface area (Å²) in [7, 11) is 0. The Balaban J connectivity index is 1.68. The van der Waals surface area contributed by atoms with Gasteiger partial charge in [-0.2, -0.15) is 0 Å². The van der Waals surface area contributed by atoms with Crippen molar-refractivity contribution in [1.82, 2.24) is 9.97 Å². The topological polar surface area (TPSA) is 96.5 Å². The normalized spacial score (nSPS) is 16.5. The largest absolute Gasteiger partial charge is 0.503 e. The number of hydrogen-bond acceptors (Lipinski definition) is 7. The highest BCUT2D eigenvalue weighted by molar-refractivity contribution is 7.22. The lowest BCUT2D eigenvalue weighted by atomic mass is 9.99. The van der Waals surface area contributed by atoms with Crippen molar-refractivity contribution in [1.29, 1.82) is 0 Å². The molecule has 1 atom stereocenters. The maximum Gasteiger partial charge on any atom is 0.296 e. The number of pyridine rings is 1. The van der Waals surface area contributed by atoms with E-state index < -0.39 is 23.5 Å². The number of anilines is 1. The van der Waals surface area contributed by atoms with E-state index in [1.165, 1.54) is 28.6 Å². The predicted molar refractivity (Wildman–Crippen MR) is 117 cm³/mol. The van der Waals surface area contributed by atoms with Crippen LogP contribution >= 0.6 is 22.9 Å². The molecule has 1 amide bonds. The van der Waals surface area contributed by atoms with Crippen LogP contribution in [0, 0.1) is 6.92 Å². The molecule has 0 saturated heterocycles. The molecule has 0 saturated carbocycles. The van der Waals surface area contributed by atoms with Crippen LogP contribution in [0.4, 0.5) is 5.13 Å². The quantitative estimate of drug-likeness (QED) is 0.437. The van der Waals surface area contributed by atoms with Crippen LogP contribution in [0.1, 0.15) is 27.9 Å². The Morgan fingerprint density at radius 2 is 2.10 bits per heavy atom. The Morgan fingerprint density at radius 3 is 2.81 bits per heavy atom. The van der Waals surface area contributed by atoms with E-state index in [0.29, 0.717) is 21.4 Å². The van der Waals surface area contributed by atoms with Gasteiger partial charge in [-0.25, -0.2) is 4.98 Å². The number of fused-ring (bicyclic) bond motifs is 1. The number of Topliss-reactive ketones (excluding diaryl/α,β-unsaturated/α-hetero) is 1. The molecular weight excluding hydrogens is 438 g/mol. The number of aromatic nitrogens is 2. The maximum atomic E-state index is 13.1. The van der Waals surface area contributed by atoms with Crippen LogP contribution in [0.15, 0.2) is 70.7 Å². The monoisotopic (exact) mass is 451 g/mol. The molecule has 4 heterocycles. The smallest absolute Gasteiger partial charge is 0.296 e. The van der Waals surface area contributed by atoms with Gasteiger partial charge in [-0.05, 0) is 48.9 Å². The first-order chi connectivity index (χ1) is 15.0. The van der Waals surface area contributed by atoms with E-state index in [-0.39, 0.29) is 11.3 Å². The Morgan fingerprint density at radius 1 is 1.26 bits per heavy atom. The minimum atomic E-state index is -0.955. The number of hydrogen-bond donors (Lipinski definition) is 1. The van der Waals surface area contributed by atoms with Crippen LogP contribution in [-0.2, 0) is 4.79 Å². The fourth-order valence-electron chi connectivity index (χ4n) is 3.53. The molecule has 3 aromatic heterocycles. The average molecular weight is 452 g/mol. The third-order valence-corrected chi connectivity index (χ3v) is 6.45. The summed E-state index contributed by atoms with van der Waals surface area (Å²) >= 11 is 7.49. The van der Waals surface area contributed by atoms with Crippen LogP contribution in [0.25, 0.3) is 10.2 Å². The van der Waals surface area contributed by atoms with Crippen molar-refractivity contribution >= 4 is 50.0 Å². The van der Waals surface area contributed by atoms with Gasteiger partial charge in [-0.3, -0.25) is 19.5 Å². The second-order valence-electron chi connectivity index (χ2n) is 6.97. The lowest BCUT2D eigenvalue weighted by Gasteiger charge is -2.23. The summed E-state index contributed by atoms with van der Waals surface area (Å²) < 4.78 is 6.05. The van der Waals surface area contributed by atoms with Gasteiger partial charge in [0.25, 0.3) is 5.91 Å². The number of aliphatic hydroxyl groups is 1. The van der Waals surface area contributed by atoms with Gasteiger partial charge in [-0.15, -0.1) is 0 Å². The SMILES string of the molecule is Cc1cc2sc(N3C(=O)C(O)=C(C(=O)c4ccco4)C3c3ccccn3)nc2cc1Cl. The molecule has 5 rings (SSSR count). The Labute approximate surface area is 185 Å².